The van der Waals surface area contributed by atoms with E-state index in [0.29, 0.717) is 19.6 Å². The number of carbonyl (C=O) groups is 1. The molecular weight excluding hydrogens is 250 g/mol. The van der Waals surface area contributed by atoms with E-state index in [4.69, 9.17) is 4.52 Å². The number of hydrogen-bond acceptors (Lipinski definition) is 5. The van der Waals surface area contributed by atoms with Crippen LogP contribution in [0.2, 0.25) is 0 Å². The Kier molecular flexibility index (Phi) is 3.12. The summed E-state index contributed by atoms with van der Waals surface area (Å²) in [4.78, 5) is 14.4. The molecule has 6 heteroatoms. The van der Waals surface area contributed by atoms with Crippen molar-refractivity contribution in [3.63, 3.8) is 0 Å². The topological polar surface area (TPSA) is 58.4 Å². The van der Waals surface area contributed by atoms with E-state index in [1.807, 2.05) is 23.6 Å². The van der Waals surface area contributed by atoms with Crippen LogP contribution in [0, 0.1) is 0 Å². The van der Waals surface area contributed by atoms with Crippen LogP contribution in [0.25, 0.3) is 10.6 Å². The van der Waals surface area contributed by atoms with E-state index < -0.39 is 0 Å². The van der Waals surface area contributed by atoms with E-state index in [0.717, 1.165) is 22.9 Å². The zero-order valence-corrected chi connectivity index (χ0v) is 10.6. The Labute approximate surface area is 108 Å². The summed E-state index contributed by atoms with van der Waals surface area (Å²) in [5.41, 5.74) is 0.869. The molecule has 0 radical (unpaired) electrons. The molecule has 0 bridgehead atoms. The van der Waals surface area contributed by atoms with Gasteiger partial charge in [0.25, 0.3) is 0 Å². The van der Waals surface area contributed by atoms with Crippen molar-refractivity contribution in [2.24, 2.45) is 0 Å². The molecule has 1 saturated heterocycles. The van der Waals surface area contributed by atoms with Crippen molar-refractivity contribution in [2.45, 2.75) is 6.54 Å². The molecule has 0 saturated carbocycles. The van der Waals surface area contributed by atoms with Crippen molar-refractivity contribution in [1.82, 2.24) is 15.4 Å². The summed E-state index contributed by atoms with van der Waals surface area (Å²) in [5, 5.41) is 8.86. The van der Waals surface area contributed by atoms with Gasteiger partial charge in [0.1, 0.15) is 0 Å². The summed E-state index contributed by atoms with van der Waals surface area (Å²) in [5.74, 6) is 0.865. The van der Waals surface area contributed by atoms with E-state index in [9.17, 15) is 4.79 Å². The van der Waals surface area contributed by atoms with Crippen LogP contribution in [0.5, 0.6) is 0 Å². The van der Waals surface area contributed by atoms with Crippen LogP contribution in [0.15, 0.2) is 28.1 Å². The molecule has 1 fully saturated rings. The second kappa shape index (κ2) is 4.91. The molecule has 0 aliphatic carbocycles. The maximum Gasteiger partial charge on any atom is 0.234 e. The number of amides is 1. The Bertz CT molecular complexity index is 535. The first-order valence-electron chi connectivity index (χ1n) is 5.80. The monoisotopic (exact) mass is 263 g/mol. The van der Waals surface area contributed by atoms with Crippen LogP contribution in [0.4, 0.5) is 0 Å². The first kappa shape index (κ1) is 11.4. The number of rotatable bonds is 3. The zero-order valence-electron chi connectivity index (χ0n) is 9.76. The zero-order chi connectivity index (χ0) is 12.4. The average Bonchev–Trinajstić information content (AvgIpc) is 2.98. The summed E-state index contributed by atoms with van der Waals surface area (Å²) < 4.78 is 5.31. The van der Waals surface area contributed by atoms with Crippen molar-refractivity contribution in [3.8, 4) is 10.6 Å². The largest absolute Gasteiger partial charge is 0.355 e. The number of piperazine rings is 1. The molecule has 0 aromatic carbocycles. The molecule has 1 amide bonds. The molecule has 1 aliphatic heterocycles. The van der Waals surface area contributed by atoms with Gasteiger partial charge in [0.15, 0.2) is 5.76 Å². The summed E-state index contributed by atoms with van der Waals surface area (Å²) in [6.07, 6.45) is 0. The number of hydrogen-bond donors (Lipinski definition) is 1. The van der Waals surface area contributed by atoms with E-state index in [1.54, 1.807) is 11.3 Å². The maximum atomic E-state index is 11.3. The SMILES string of the molecule is O=C1CN(Cc2cc(-c3cccs3)on2)CCN1. The second-order valence-electron chi connectivity index (χ2n) is 4.22. The van der Waals surface area contributed by atoms with Crippen LogP contribution in [0.3, 0.4) is 0 Å². The number of nitrogens with zero attached hydrogens (tertiary/aromatic N) is 2. The third kappa shape index (κ3) is 2.44. The fraction of sp³-hybridized carbons (Fsp3) is 0.333. The van der Waals surface area contributed by atoms with Gasteiger partial charge in [0, 0.05) is 25.7 Å². The van der Waals surface area contributed by atoms with Crippen LogP contribution < -0.4 is 5.32 Å². The Morgan fingerprint density at radius 2 is 2.50 bits per heavy atom. The summed E-state index contributed by atoms with van der Waals surface area (Å²) in [6.45, 7) is 2.64. The first-order chi connectivity index (χ1) is 8.81. The molecule has 3 heterocycles. The minimum atomic E-state index is 0.0724. The van der Waals surface area contributed by atoms with Gasteiger partial charge in [-0.05, 0) is 11.4 Å². The minimum Gasteiger partial charge on any atom is -0.355 e. The first-order valence-corrected chi connectivity index (χ1v) is 6.68. The molecule has 0 unspecified atom stereocenters. The molecule has 5 nitrogen and oxygen atoms in total. The van der Waals surface area contributed by atoms with Gasteiger partial charge in [0.05, 0.1) is 17.1 Å². The number of carbonyl (C=O) groups excluding carboxylic acids is 1. The van der Waals surface area contributed by atoms with Crippen molar-refractivity contribution in [1.29, 1.82) is 0 Å². The molecule has 0 spiro atoms. The minimum absolute atomic E-state index is 0.0724. The lowest BCUT2D eigenvalue weighted by molar-refractivity contribution is -0.124. The van der Waals surface area contributed by atoms with E-state index in [2.05, 4.69) is 15.4 Å². The molecule has 0 atom stereocenters. The Morgan fingerprint density at radius 1 is 1.56 bits per heavy atom. The van der Waals surface area contributed by atoms with Crippen molar-refractivity contribution in [2.75, 3.05) is 19.6 Å². The third-order valence-corrected chi connectivity index (χ3v) is 3.71. The van der Waals surface area contributed by atoms with Gasteiger partial charge in [-0.3, -0.25) is 9.69 Å². The smallest absolute Gasteiger partial charge is 0.234 e. The van der Waals surface area contributed by atoms with Gasteiger partial charge in [-0.2, -0.15) is 0 Å². The van der Waals surface area contributed by atoms with Gasteiger partial charge in [-0.1, -0.05) is 11.2 Å². The molecule has 1 N–H and O–H groups in total. The maximum absolute atomic E-state index is 11.3. The van der Waals surface area contributed by atoms with Gasteiger partial charge in [0.2, 0.25) is 5.91 Å². The van der Waals surface area contributed by atoms with Gasteiger partial charge in [-0.15, -0.1) is 11.3 Å². The number of nitrogens with one attached hydrogen (secondary N) is 1. The van der Waals surface area contributed by atoms with Crippen LogP contribution in [-0.4, -0.2) is 35.6 Å². The predicted octanol–water partition coefficient (Wildman–Crippen LogP) is 1.33. The molecule has 2 aromatic heterocycles. The molecular formula is C12H13N3O2S. The highest BCUT2D eigenvalue weighted by Crippen LogP contribution is 2.25. The van der Waals surface area contributed by atoms with Crippen molar-refractivity contribution in [3.05, 3.63) is 29.3 Å². The summed E-state index contributed by atoms with van der Waals surface area (Å²) >= 11 is 1.62. The quantitative estimate of drug-likeness (QED) is 0.907. The van der Waals surface area contributed by atoms with Gasteiger partial charge >= 0.3 is 0 Å². The molecule has 1 aliphatic rings. The lowest BCUT2D eigenvalue weighted by Crippen LogP contribution is -2.47. The molecule has 18 heavy (non-hydrogen) atoms. The molecule has 2 aromatic rings. The average molecular weight is 263 g/mol. The highest BCUT2D eigenvalue weighted by molar-refractivity contribution is 7.13. The Balaban J connectivity index is 1.68. The Morgan fingerprint density at radius 3 is 3.28 bits per heavy atom. The van der Waals surface area contributed by atoms with Crippen LogP contribution in [0.1, 0.15) is 5.69 Å². The number of thiophene rings is 1. The van der Waals surface area contributed by atoms with E-state index in [1.165, 1.54) is 0 Å². The lowest BCUT2D eigenvalue weighted by Gasteiger charge is -2.25. The normalized spacial score (nSPS) is 16.8. The van der Waals surface area contributed by atoms with E-state index >= 15 is 0 Å². The fourth-order valence-electron chi connectivity index (χ4n) is 1.98. The predicted molar refractivity (Wildman–Crippen MR) is 68.1 cm³/mol. The van der Waals surface area contributed by atoms with E-state index in [-0.39, 0.29) is 5.91 Å². The van der Waals surface area contributed by atoms with Gasteiger partial charge < -0.3 is 9.84 Å². The highest BCUT2D eigenvalue weighted by Gasteiger charge is 2.18. The standard InChI is InChI=1S/C12H13N3O2S/c16-12-8-15(4-3-13-12)7-9-6-10(17-14-9)11-2-1-5-18-11/h1-2,5-6H,3-4,7-8H2,(H,13,16). The molecule has 94 valence electrons. The lowest BCUT2D eigenvalue weighted by atomic mass is 10.3. The Hall–Kier alpha value is -1.66. The molecule has 3 rings (SSSR count). The third-order valence-electron chi connectivity index (χ3n) is 2.83. The fourth-order valence-corrected chi connectivity index (χ4v) is 2.65. The van der Waals surface area contributed by atoms with Crippen LogP contribution in [-0.2, 0) is 11.3 Å². The van der Waals surface area contributed by atoms with Crippen molar-refractivity contribution >= 4 is 17.2 Å². The van der Waals surface area contributed by atoms with Crippen LogP contribution >= 0.6 is 11.3 Å². The summed E-state index contributed by atoms with van der Waals surface area (Å²) in [6, 6.07) is 5.93. The second-order valence-corrected chi connectivity index (χ2v) is 5.17. The van der Waals surface area contributed by atoms with Gasteiger partial charge in [-0.25, -0.2) is 0 Å². The van der Waals surface area contributed by atoms with Crippen molar-refractivity contribution < 1.29 is 9.32 Å². The summed E-state index contributed by atoms with van der Waals surface area (Å²) in [7, 11) is 0. The highest BCUT2D eigenvalue weighted by atomic mass is 32.1. The number of aromatic nitrogens is 1.